The minimum Gasteiger partial charge on any atom is -0.491 e. The molecule has 0 atom stereocenters. The Morgan fingerprint density at radius 1 is 1.20 bits per heavy atom. The number of hydrogen-bond acceptors (Lipinski definition) is 2. The fourth-order valence-corrected chi connectivity index (χ4v) is 2.31. The highest BCUT2D eigenvalue weighted by Crippen LogP contribution is 2.16. The average molecular weight is 457 g/mol. The highest BCUT2D eigenvalue weighted by Gasteiger charge is 2.01. The van der Waals surface area contributed by atoms with E-state index < -0.39 is 0 Å². The van der Waals surface area contributed by atoms with Crippen LogP contribution in [0.3, 0.4) is 0 Å². The van der Waals surface area contributed by atoms with Gasteiger partial charge in [0, 0.05) is 12.2 Å². The second-order valence-corrected chi connectivity index (χ2v) is 5.90. The van der Waals surface area contributed by atoms with E-state index in [4.69, 9.17) is 10.5 Å². The van der Waals surface area contributed by atoms with Crippen molar-refractivity contribution in [3.8, 4) is 5.75 Å². The zero-order valence-corrected chi connectivity index (χ0v) is 17.1. The normalized spacial score (nSPS) is 11.2. The number of anilines is 1. The molecule has 0 radical (unpaired) electrons. The number of aliphatic imine (C=N–C) groups is 1. The molecule has 2 aromatic rings. The Labute approximate surface area is 165 Å². The van der Waals surface area contributed by atoms with Gasteiger partial charge in [-0.05, 0) is 74.7 Å². The van der Waals surface area contributed by atoms with Crippen LogP contribution in [-0.2, 0) is 6.42 Å². The molecule has 2 rings (SSSR count). The number of ether oxygens (including phenoxy) is 1. The van der Waals surface area contributed by atoms with Crippen LogP contribution in [0.25, 0.3) is 0 Å². The van der Waals surface area contributed by atoms with Crippen LogP contribution >= 0.6 is 24.0 Å². The Bertz CT molecular complexity index is 702. The molecule has 0 aliphatic carbocycles. The van der Waals surface area contributed by atoms with E-state index in [2.05, 4.69) is 10.3 Å². The van der Waals surface area contributed by atoms with Crippen molar-refractivity contribution in [2.24, 2.45) is 10.7 Å². The lowest BCUT2D eigenvalue weighted by molar-refractivity contribution is 0.242. The van der Waals surface area contributed by atoms with Crippen LogP contribution in [0.1, 0.15) is 25.0 Å². The van der Waals surface area contributed by atoms with E-state index in [1.807, 2.05) is 45.0 Å². The van der Waals surface area contributed by atoms with Gasteiger partial charge in [-0.3, -0.25) is 4.99 Å². The number of halogens is 2. The van der Waals surface area contributed by atoms with E-state index in [0.717, 1.165) is 29.0 Å². The molecule has 136 valence electrons. The summed E-state index contributed by atoms with van der Waals surface area (Å²) in [5.41, 5.74) is 8.75. The van der Waals surface area contributed by atoms with Crippen molar-refractivity contribution in [1.29, 1.82) is 0 Å². The van der Waals surface area contributed by atoms with E-state index in [9.17, 15) is 4.39 Å². The van der Waals surface area contributed by atoms with Crippen molar-refractivity contribution in [1.82, 2.24) is 0 Å². The molecule has 0 saturated carbocycles. The lowest BCUT2D eigenvalue weighted by atomic mass is 10.1. The molecule has 4 nitrogen and oxygen atoms in total. The molecule has 0 fully saturated rings. The number of nitrogens with two attached hydrogens (primary N) is 1. The number of rotatable bonds is 6. The van der Waals surface area contributed by atoms with E-state index >= 15 is 0 Å². The lowest BCUT2D eigenvalue weighted by Gasteiger charge is -2.11. The summed E-state index contributed by atoms with van der Waals surface area (Å²) in [5, 5.41) is 3.04. The highest BCUT2D eigenvalue weighted by atomic mass is 127. The van der Waals surface area contributed by atoms with Crippen LogP contribution < -0.4 is 15.8 Å². The number of benzene rings is 2. The monoisotopic (exact) mass is 457 g/mol. The van der Waals surface area contributed by atoms with Gasteiger partial charge in [-0.25, -0.2) is 4.39 Å². The van der Waals surface area contributed by atoms with Crippen LogP contribution in [0.4, 0.5) is 10.1 Å². The maximum Gasteiger partial charge on any atom is 0.193 e. The first-order valence-electron chi connectivity index (χ1n) is 8.02. The van der Waals surface area contributed by atoms with Gasteiger partial charge in [-0.1, -0.05) is 6.07 Å². The molecule has 2 aromatic carbocycles. The summed E-state index contributed by atoms with van der Waals surface area (Å²) in [6.45, 7) is 6.41. The van der Waals surface area contributed by atoms with Crippen molar-refractivity contribution in [3.05, 3.63) is 59.4 Å². The van der Waals surface area contributed by atoms with E-state index in [0.29, 0.717) is 12.5 Å². The fraction of sp³-hybridized carbons (Fsp3) is 0.316. The van der Waals surface area contributed by atoms with Gasteiger partial charge in [0.05, 0.1) is 6.10 Å². The molecule has 0 heterocycles. The van der Waals surface area contributed by atoms with Gasteiger partial charge >= 0.3 is 0 Å². The number of guanidine groups is 1. The molecule has 0 aliphatic rings. The Morgan fingerprint density at radius 3 is 2.48 bits per heavy atom. The molecule has 25 heavy (non-hydrogen) atoms. The Balaban J connectivity index is 0.00000312. The topological polar surface area (TPSA) is 59.6 Å². The minimum atomic E-state index is -0.217. The summed E-state index contributed by atoms with van der Waals surface area (Å²) >= 11 is 0. The third kappa shape index (κ3) is 7.29. The molecule has 0 unspecified atom stereocenters. The average Bonchev–Trinajstić information content (AvgIpc) is 2.51. The van der Waals surface area contributed by atoms with Gasteiger partial charge in [0.15, 0.2) is 5.96 Å². The van der Waals surface area contributed by atoms with Crippen LogP contribution in [-0.4, -0.2) is 18.6 Å². The van der Waals surface area contributed by atoms with E-state index in [1.54, 1.807) is 6.07 Å². The third-order valence-corrected chi connectivity index (χ3v) is 3.47. The second-order valence-electron chi connectivity index (χ2n) is 5.90. The Morgan fingerprint density at radius 2 is 1.88 bits per heavy atom. The van der Waals surface area contributed by atoms with Crippen LogP contribution in [0.5, 0.6) is 5.75 Å². The summed E-state index contributed by atoms with van der Waals surface area (Å²) < 4.78 is 18.7. The lowest BCUT2D eigenvalue weighted by Crippen LogP contribution is -2.23. The molecule has 0 bridgehead atoms. The summed E-state index contributed by atoms with van der Waals surface area (Å²) in [6.07, 6.45) is 0.862. The first-order valence-corrected chi connectivity index (χ1v) is 8.02. The highest BCUT2D eigenvalue weighted by molar-refractivity contribution is 14.0. The SMILES string of the molecule is Cc1cc(F)ccc1CCN=C(N)Nc1ccc(OC(C)C)cc1.I. The molecular weight excluding hydrogens is 432 g/mol. The molecule has 0 spiro atoms. The molecule has 0 amide bonds. The zero-order valence-electron chi connectivity index (χ0n) is 14.8. The minimum absolute atomic E-state index is 0. The van der Waals surface area contributed by atoms with Crippen molar-refractivity contribution in [2.75, 3.05) is 11.9 Å². The number of aryl methyl sites for hydroxylation is 1. The van der Waals surface area contributed by atoms with Crippen LogP contribution in [0.15, 0.2) is 47.5 Å². The Hall–Kier alpha value is -1.83. The van der Waals surface area contributed by atoms with Crippen LogP contribution in [0, 0.1) is 12.7 Å². The van der Waals surface area contributed by atoms with Gasteiger partial charge in [-0.15, -0.1) is 24.0 Å². The molecule has 0 saturated heterocycles. The third-order valence-electron chi connectivity index (χ3n) is 3.47. The first-order chi connectivity index (χ1) is 11.4. The smallest absolute Gasteiger partial charge is 0.193 e. The zero-order chi connectivity index (χ0) is 17.5. The van der Waals surface area contributed by atoms with Gasteiger partial charge in [0.2, 0.25) is 0 Å². The van der Waals surface area contributed by atoms with Crippen molar-refractivity contribution < 1.29 is 9.13 Å². The van der Waals surface area contributed by atoms with Gasteiger partial charge in [0.25, 0.3) is 0 Å². The molecular formula is C19H25FIN3O. The molecule has 3 N–H and O–H groups in total. The van der Waals surface area contributed by atoms with Crippen molar-refractivity contribution in [3.63, 3.8) is 0 Å². The molecule has 0 aromatic heterocycles. The van der Waals surface area contributed by atoms with E-state index in [-0.39, 0.29) is 35.9 Å². The number of nitrogens with one attached hydrogen (secondary N) is 1. The maximum atomic E-state index is 13.1. The summed E-state index contributed by atoms with van der Waals surface area (Å²) in [6, 6.07) is 12.3. The van der Waals surface area contributed by atoms with Crippen molar-refractivity contribution in [2.45, 2.75) is 33.3 Å². The largest absolute Gasteiger partial charge is 0.491 e. The molecule has 0 aliphatic heterocycles. The predicted octanol–water partition coefficient (Wildman–Crippen LogP) is 4.51. The summed E-state index contributed by atoms with van der Waals surface area (Å²) in [4.78, 5) is 4.31. The van der Waals surface area contributed by atoms with Gasteiger partial charge in [-0.2, -0.15) is 0 Å². The standard InChI is InChI=1S/C19H24FN3O.HI/c1-13(2)24-18-8-6-17(7-9-18)23-19(21)22-11-10-15-4-5-16(20)12-14(15)3;/h4-9,12-13H,10-11H2,1-3H3,(H3,21,22,23);1H. The quantitative estimate of drug-likeness (QED) is 0.381. The second kappa shape index (κ2) is 10.2. The molecule has 6 heteroatoms. The fourth-order valence-electron chi connectivity index (χ4n) is 2.31. The van der Waals surface area contributed by atoms with Gasteiger partial charge in [0.1, 0.15) is 11.6 Å². The summed E-state index contributed by atoms with van der Waals surface area (Å²) in [5.74, 6) is 0.955. The number of hydrogen-bond donors (Lipinski definition) is 2. The summed E-state index contributed by atoms with van der Waals surface area (Å²) in [7, 11) is 0. The first kappa shape index (κ1) is 21.2. The maximum absolute atomic E-state index is 13.1. The Kier molecular flexibility index (Phi) is 8.68. The van der Waals surface area contributed by atoms with E-state index in [1.165, 1.54) is 12.1 Å². The van der Waals surface area contributed by atoms with Gasteiger partial charge < -0.3 is 15.8 Å². The number of nitrogens with zero attached hydrogens (tertiary/aromatic N) is 1. The van der Waals surface area contributed by atoms with Crippen LogP contribution in [0.2, 0.25) is 0 Å². The van der Waals surface area contributed by atoms with Crippen molar-refractivity contribution >= 4 is 35.6 Å². The predicted molar refractivity (Wildman–Crippen MR) is 113 cm³/mol.